The molecule has 0 bridgehead atoms. The summed E-state index contributed by atoms with van der Waals surface area (Å²) in [5, 5.41) is 31.7. The molecule has 0 saturated heterocycles. The molecule has 0 aliphatic heterocycles. The zero-order chi connectivity index (χ0) is 38.1. The first-order chi connectivity index (χ1) is 24.9. The van der Waals surface area contributed by atoms with E-state index in [2.05, 4.69) is 10.6 Å². The number of methoxy groups -OCH3 is 4. The van der Waals surface area contributed by atoms with Crippen LogP contribution < -0.4 is 29.6 Å². The molecule has 4 aromatic rings. The van der Waals surface area contributed by atoms with Gasteiger partial charge in [0, 0.05) is 22.3 Å². The van der Waals surface area contributed by atoms with Gasteiger partial charge in [-0.3, -0.25) is 9.59 Å². The van der Waals surface area contributed by atoms with Crippen molar-refractivity contribution in [1.82, 2.24) is 10.6 Å². The summed E-state index contributed by atoms with van der Waals surface area (Å²) in [6, 6.07) is 26.0. The number of amides is 2. The van der Waals surface area contributed by atoms with Crippen molar-refractivity contribution in [2.45, 2.75) is 63.8 Å². The minimum atomic E-state index is -1.91. The molecule has 0 aliphatic rings. The molecule has 0 aliphatic carbocycles. The van der Waals surface area contributed by atoms with Crippen LogP contribution in [0.3, 0.4) is 0 Å². The van der Waals surface area contributed by atoms with Gasteiger partial charge in [0.25, 0.3) is 0 Å². The van der Waals surface area contributed by atoms with Gasteiger partial charge in [-0.15, -0.1) is 0 Å². The summed E-state index contributed by atoms with van der Waals surface area (Å²) in [5.74, 6) is -0.496. The van der Waals surface area contributed by atoms with E-state index in [1.807, 2.05) is 27.7 Å². The normalized spacial score (nSPS) is 12.9. The molecule has 52 heavy (non-hydrogen) atoms. The maximum absolute atomic E-state index is 14.2. The minimum Gasteiger partial charge on any atom is -0.496 e. The minimum absolute atomic E-state index is 0.0285. The molecule has 10 nitrogen and oxygen atoms in total. The number of carbonyl (C=O) groups is 2. The number of rotatable bonds is 16. The number of hydrogen-bond acceptors (Lipinski definition) is 8. The number of para-hydroxylation sites is 4. The van der Waals surface area contributed by atoms with E-state index in [0.717, 1.165) is 0 Å². The fourth-order valence-corrected chi connectivity index (χ4v) is 6.94. The van der Waals surface area contributed by atoms with Gasteiger partial charge in [-0.05, 0) is 48.9 Å². The highest BCUT2D eigenvalue weighted by Gasteiger charge is 2.48. The topological polar surface area (TPSA) is 136 Å². The summed E-state index contributed by atoms with van der Waals surface area (Å²) in [7, 11) is 6.02. The highest BCUT2D eigenvalue weighted by atomic mass is 16.5. The Balaban J connectivity index is 1.84. The van der Waals surface area contributed by atoms with Crippen molar-refractivity contribution in [3.63, 3.8) is 0 Å². The average molecular weight is 713 g/mol. The first-order valence-corrected chi connectivity index (χ1v) is 17.5. The van der Waals surface area contributed by atoms with E-state index in [1.54, 1.807) is 97.1 Å². The molecule has 278 valence electrons. The second-order valence-electron chi connectivity index (χ2n) is 13.6. The molecule has 0 heterocycles. The molecule has 10 heteroatoms. The van der Waals surface area contributed by atoms with Crippen molar-refractivity contribution in [3.05, 3.63) is 119 Å². The Morgan fingerprint density at radius 2 is 0.731 bits per heavy atom. The molecule has 0 saturated carbocycles. The van der Waals surface area contributed by atoms with Crippen molar-refractivity contribution >= 4 is 11.8 Å². The Hall–Kier alpha value is -5.06. The molecule has 0 radical (unpaired) electrons. The van der Waals surface area contributed by atoms with Gasteiger partial charge in [0.05, 0.1) is 40.5 Å². The van der Waals surface area contributed by atoms with Gasteiger partial charge < -0.3 is 39.8 Å². The zero-order valence-corrected chi connectivity index (χ0v) is 31.3. The van der Waals surface area contributed by atoms with Crippen LogP contribution in [0.15, 0.2) is 97.1 Å². The van der Waals surface area contributed by atoms with Crippen LogP contribution >= 0.6 is 0 Å². The lowest BCUT2D eigenvalue weighted by molar-refractivity contribution is -0.142. The zero-order valence-electron chi connectivity index (χ0n) is 31.3. The van der Waals surface area contributed by atoms with Crippen LogP contribution in [0.25, 0.3) is 0 Å². The number of aliphatic hydroxyl groups is 2. The van der Waals surface area contributed by atoms with Crippen molar-refractivity contribution in [1.29, 1.82) is 0 Å². The van der Waals surface area contributed by atoms with Gasteiger partial charge in [0.15, 0.2) is 0 Å². The third-order valence-corrected chi connectivity index (χ3v) is 9.31. The summed E-state index contributed by atoms with van der Waals surface area (Å²) in [5.41, 5.74) is -2.29. The van der Waals surface area contributed by atoms with Crippen molar-refractivity contribution in [2.24, 2.45) is 11.8 Å². The van der Waals surface area contributed by atoms with E-state index in [9.17, 15) is 19.8 Å². The van der Waals surface area contributed by atoms with Crippen molar-refractivity contribution in [3.8, 4) is 23.0 Å². The molecule has 2 atom stereocenters. The highest BCUT2D eigenvalue weighted by Crippen LogP contribution is 2.45. The van der Waals surface area contributed by atoms with Gasteiger partial charge >= 0.3 is 11.8 Å². The first-order valence-electron chi connectivity index (χ1n) is 17.5. The van der Waals surface area contributed by atoms with Gasteiger partial charge in [-0.2, -0.15) is 0 Å². The quantitative estimate of drug-likeness (QED) is 0.105. The van der Waals surface area contributed by atoms with E-state index < -0.39 is 35.1 Å². The van der Waals surface area contributed by atoms with Crippen LogP contribution in [0.1, 0.15) is 62.8 Å². The predicted octanol–water partition coefficient (Wildman–Crippen LogP) is 5.95. The largest absolute Gasteiger partial charge is 0.496 e. The second kappa shape index (κ2) is 17.4. The summed E-state index contributed by atoms with van der Waals surface area (Å²) in [6.45, 7) is 7.85. The number of ether oxygens (including phenoxy) is 4. The van der Waals surface area contributed by atoms with E-state index >= 15 is 0 Å². The Kier molecular flexibility index (Phi) is 13.3. The molecular formula is C42H52N2O8. The molecule has 4 aromatic carbocycles. The van der Waals surface area contributed by atoms with Crippen LogP contribution in [0.2, 0.25) is 0 Å². The number of carbonyl (C=O) groups excluding carboxylic acids is 2. The van der Waals surface area contributed by atoms with E-state index in [0.29, 0.717) is 45.3 Å². The summed E-state index contributed by atoms with van der Waals surface area (Å²) in [6.07, 6.45) is 0.542. The lowest BCUT2D eigenvalue weighted by Gasteiger charge is -2.41. The van der Waals surface area contributed by atoms with Crippen LogP contribution in [0, 0.1) is 11.8 Å². The smallest absolute Gasteiger partial charge is 0.309 e. The monoisotopic (exact) mass is 712 g/mol. The third-order valence-electron chi connectivity index (χ3n) is 9.31. The lowest BCUT2D eigenvalue weighted by Crippen LogP contribution is -2.58. The molecule has 0 aromatic heterocycles. The molecular weight excluding hydrogens is 660 g/mol. The second-order valence-corrected chi connectivity index (χ2v) is 13.6. The van der Waals surface area contributed by atoms with Crippen molar-refractivity contribution < 1.29 is 38.7 Å². The summed E-state index contributed by atoms with van der Waals surface area (Å²) in [4.78, 5) is 28.4. The lowest BCUT2D eigenvalue weighted by atomic mass is 9.76. The van der Waals surface area contributed by atoms with Crippen LogP contribution in [-0.2, 0) is 20.8 Å². The summed E-state index contributed by atoms with van der Waals surface area (Å²) >= 11 is 0. The Morgan fingerprint density at radius 1 is 0.500 bits per heavy atom. The third kappa shape index (κ3) is 8.19. The fraction of sp³-hybridized carbons (Fsp3) is 0.381. The molecule has 0 fully saturated rings. The van der Waals surface area contributed by atoms with Gasteiger partial charge in [0.2, 0.25) is 0 Å². The van der Waals surface area contributed by atoms with E-state index in [1.165, 1.54) is 28.4 Å². The number of hydrogen-bond donors (Lipinski definition) is 4. The molecule has 4 N–H and O–H groups in total. The maximum Gasteiger partial charge on any atom is 0.309 e. The van der Waals surface area contributed by atoms with Crippen LogP contribution in [-0.4, -0.2) is 62.6 Å². The van der Waals surface area contributed by atoms with E-state index in [-0.39, 0.29) is 24.7 Å². The average Bonchev–Trinajstić information content (AvgIpc) is 3.16. The van der Waals surface area contributed by atoms with Gasteiger partial charge in [0.1, 0.15) is 34.2 Å². The molecule has 0 spiro atoms. The van der Waals surface area contributed by atoms with Crippen molar-refractivity contribution in [2.75, 3.05) is 28.4 Å². The first kappa shape index (κ1) is 39.7. The molecule has 4 rings (SSSR count). The van der Waals surface area contributed by atoms with Gasteiger partial charge in [-0.1, -0.05) is 100 Å². The van der Waals surface area contributed by atoms with E-state index in [4.69, 9.17) is 18.9 Å². The highest BCUT2D eigenvalue weighted by molar-refractivity contribution is 6.35. The van der Waals surface area contributed by atoms with Crippen LogP contribution in [0.5, 0.6) is 23.0 Å². The van der Waals surface area contributed by atoms with Gasteiger partial charge in [-0.25, -0.2) is 0 Å². The molecule has 2 unspecified atom stereocenters. The predicted molar refractivity (Wildman–Crippen MR) is 201 cm³/mol. The fourth-order valence-electron chi connectivity index (χ4n) is 6.94. The maximum atomic E-state index is 14.2. The standard InChI is InChI=1S/C42H52N2O8/c1-27(2)25-37(41(47,29-17-9-13-21-33(29)49-5)30-18-10-14-22-34(30)50-6)43-39(45)40(46)44-38(26-28(3)4)42(48,31-19-11-15-23-35(31)51-7)32-20-12-16-24-36(32)52-8/h9-24,27-28,37-38,47-48H,25-26H2,1-8H3,(H,43,45)(H,44,46). The SMILES string of the molecule is COc1ccccc1C(O)(c1ccccc1OC)C(CC(C)C)NC(=O)C(=O)NC(CC(C)C)C(O)(c1ccccc1OC)c1ccccc1OC. The Labute approximate surface area is 307 Å². The summed E-state index contributed by atoms with van der Waals surface area (Å²) < 4.78 is 22.8. The van der Waals surface area contributed by atoms with Crippen LogP contribution in [0.4, 0.5) is 0 Å². The Bertz CT molecular complexity index is 1580. The number of benzene rings is 4. The molecule has 2 amide bonds. The number of nitrogens with one attached hydrogen (secondary N) is 2. The Morgan fingerprint density at radius 3 is 0.942 bits per heavy atom.